The lowest BCUT2D eigenvalue weighted by atomic mass is 10.0. The number of allylic oxidation sites excluding steroid dienone is 1. The van der Waals surface area contributed by atoms with Crippen molar-refractivity contribution in [1.82, 2.24) is 0 Å². The monoisotopic (exact) mass is 218 g/mol. The number of halogens is 3. The molecule has 0 aliphatic rings. The average molecular weight is 219 g/mol. The number of benzene rings is 1. The summed E-state index contributed by atoms with van der Waals surface area (Å²) in [6.45, 7) is 1.94. The Morgan fingerprint density at radius 2 is 1.85 bits per heavy atom. The van der Waals surface area contributed by atoms with Crippen LogP contribution in [0.5, 0.6) is 0 Å². The van der Waals surface area contributed by atoms with Crippen molar-refractivity contribution < 1.29 is 4.39 Å². The Hall–Kier alpha value is -0.530. The van der Waals surface area contributed by atoms with Gasteiger partial charge in [-0.25, -0.2) is 4.39 Å². The highest BCUT2D eigenvalue weighted by atomic mass is 35.5. The SMILES string of the molecule is C[C@@H](C=C(Cl)Cl)c1ccc(F)cc1. The van der Waals surface area contributed by atoms with Gasteiger partial charge >= 0.3 is 0 Å². The smallest absolute Gasteiger partial charge is 0.123 e. The number of hydrogen-bond donors (Lipinski definition) is 0. The second kappa shape index (κ2) is 4.64. The van der Waals surface area contributed by atoms with Crippen LogP contribution in [0, 0.1) is 5.82 Å². The van der Waals surface area contributed by atoms with Crippen LogP contribution in [0.1, 0.15) is 18.4 Å². The predicted molar refractivity (Wildman–Crippen MR) is 54.6 cm³/mol. The predicted octanol–water partition coefficient (Wildman–Crippen LogP) is 4.25. The zero-order valence-corrected chi connectivity index (χ0v) is 8.61. The van der Waals surface area contributed by atoms with Gasteiger partial charge in [0.05, 0.1) is 0 Å². The molecule has 0 bridgehead atoms. The van der Waals surface area contributed by atoms with E-state index < -0.39 is 0 Å². The highest BCUT2D eigenvalue weighted by Gasteiger charge is 2.02. The van der Waals surface area contributed by atoms with Crippen molar-refractivity contribution in [2.75, 3.05) is 0 Å². The molecule has 0 saturated heterocycles. The maximum absolute atomic E-state index is 12.5. The van der Waals surface area contributed by atoms with E-state index in [1.807, 2.05) is 6.92 Å². The van der Waals surface area contributed by atoms with E-state index in [0.29, 0.717) is 0 Å². The molecule has 1 rings (SSSR count). The summed E-state index contributed by atoms with van der Waals surface area (Å²) < 4.78 is 12.8. The molecule has 0 aromatic heterocycles. The van der Waals surface area contributed by atoms with Gasteiger partial charge in [0.25, 0.3) is 0 Å². The molecule has 13 heavy (non-hydrogen) atoms. The maximum Gasteiger partial charge on any atom is 0.123 e. The van der Waals surface area contributed by atoms with Crippen LogP contribution >= 0.6 is 23.2 Å². The molecule has 0 unspecified atom stereocenters. The molecule has 0 spiro atoms. The molecule has 0 heterocycles. The van der Waals surface area contributed by atoms with E-state index >= 15 is 0 Å². The quantitative estimate of drug-likeness (QED) is 0.697. The van der Waals surface area contributed by atoms with E-state index in [9.17, 15) is 4.39 Å². The van der Waals surface area contributed by atoms with Gasteiger partial charge in [-0.1, -0.05) is 42.3 Å². The Morgan fingerprint density at radius 3 is 2.31 bits per heavy atom. The van der Waals surface area contributed by atoms with Crippen LogP contribution in [-0.4, -0.2) is 0 Å². The van der Waals surface area contributed by atoms with Crippen LogP contribution in [0.2, 0.25) is 0 Å². The zero-order valence-electron chi connectivity index (χ0n) is 7.10. The fraction of sp³-hybridized carbons (Fsp3) is 0.200. The number of hydrogen-bond acceptors (Lipinski definition) is 0. The highest BCUT2D eigenvalue weighted by molar-refractivity contribution is 6.55. The van der Waals surface area contributed by atoms with E-state index in [-0.39, 0.29) is 16.2 Å². The first-order valence-electron chi connectivity index (χ1n) is 3.88. The molecular weight excluding hydrogens is 210 g/mol. The van der Waals surface area contributed by atoms with Crippen molar-refractivity contribution in [3.63, 3.8) is 0 Å². The zero-order chi connectivity index (χ0) is 9.84. The van der Waals surface area contributed by atoms with E-state index in [2.05, 4.69) is 0 Å². The molecule has 3 heteroatoms. The van der Waals surface area contributed by atoms with Crippen LogP contribution in [0.25, 0.3) is 0 Å². The van der Waals surface area contributed by atoms with Crippen molar-refractivity contribution in [1.29, 1.82) is 0 Å². The van der Waals surface area contributed by atoms with Gasteiger partial charge in [0, 0.05) is 5.92 Å². The molecule has 0 radical (unpaired) electrons. The van der Waals surface area contributed by atoms with Crippen LogP contribution in [0.15, 0.2) is 34.8 Å². The Bertz CT molecular complexity index is 299. The number of rotatable bonds is 2. The van der Waals surface area contributed by atoms with Gasteiger partial charge in [-0.05, 0) is 23.8 Å². The normalized spacial score (nSPS) is 12.3. The summed E-state index contributed by atoms with van der Waals surface area (Å²) in [7, 11) is 0. The third-order valence-corrected chi connectivity index (χ3v) is 2.02. The Labute approximate surface area is 87.0 Å². The minimum absolute atomic E-state index is 0.102. The first kappa shape index (κ1) is 10.6. The molecule has 0 saturated carbocycles. The van der Waals surface area contributed by atoms with Gasteiger partial charge in [0.1, 0.15) is 10.3 Å². The Kier molecular flexibility index (Phi) is 3.76. The molecule has 0 N–H and O–H groups in total. The molecule has 1 atom stereocenters. The van der Waals surface area contributed by atoms with E-state index in [1.165, 1.54) is 12.1 Å². The topological polar surface area (TPSA) is 0 Å². The van der Waals surface area contributed by atoms with Crippen molar-refractivity contribution in [2.24, 2.45) is 0 Å². The van der Waals surface area contributed by atoms with Gasteiger partial charge in [-0.15, -0.1) is 0 Å². The first-order valence-corrected chi connectivity index (χ1v) is 4.63. The molecule has 1 aromatic rings. The van der Waals surface area contributed by atoms with E-state index in [4.69, 9.17) is 23.2 Å². The maximum atomic E-state index is 12.5. The third kappa shape index (κ3) is 3.37. The first-order chi connectivity index (χ1) is 6.09. The standard InChI is InChI=1S/C10H9Cl2F/c1-7(6-10(11)12)8-2-4-9(13)5-3-8/h2-7H,1H3/t7-/m0/s1. The van der Waals surface area contributed by atoms with Crippen LogP contribution in [0.3, 0.4) is 0 Å². The minimum Gasteiger partial charge on any atom is -0.207 e. The lowest BCUT2D eigenvalue weighted by molar-refractivity contribution is 0.626. The molecule has 1 aromatic carbocycles. The fourth-order valence-corrected chi connectivity index (χ4v) is 1.43. The van der Waals surface area contributed by atoms with Crippen LogP contribution in [-0.2, 0) is 0 Å². The minimum atomic E-state index is -0.239. The van der Waals surface area contributed by atoms with E-state index in [0.717, 1.165) is 5.56 Å². The van der Waals surface area contributed by atoms with Gasteiger partial charge in [0.15, 0.2) is 0 Å². The van der Waals surface area contributed by atoms with Gasteiger partial charge in [-0.2, -0.15) is 0 Å². The fourth-order valence-electron chi connectivity index (χ4n) is 1.05. The largest absolute Gasteiger partial charge is 0.207 e. The van der Waals surface area contributed by atoms with Crippen molar-refractivity contribution in [3.8, 4) is 0 Å². The summed E-state index contributed by atoms with van der Waals surface area (Å²) in [5.41, 5.74) is 0.986. The van der Waals surface area contributed by atoms with Crippen LogP contribution in [0.4, 0.5) is 4.39 Å². The molecule has 70 valence electrons. The lowest BCUT2D eigenvalue weighted by Crippen LogP contribution is -1.88. The Balaban J connectivity index is 2.83. The van der Waals surface area contributed by atoms with Gasteiger partial charge < -0.3 is 0 Å². The summed E-state index contributed by atoms with van der Waals surface area (Å²) in [5, 5.41) is 0. The molecule has 0 amide bonds. The second-order valence-corrected chi connectivity index (χ2v) is 3.80. The summed E-state index contributed by atoms with van der Waals surface area (Å²) in [6.07, 6.45) is 1.70. The molecule has 0 aliphatic heterocycles. The average Bonchev–Trinajstić information content (AvgIpc) is 2.04. The molecular formula is C10H9Cl2F. The third-order valence-electron chi connectivity index (χ3n) is 1.77. The second-order valence-electron chi connectivity index (χ2n) is 2.80. The van der Waals surface area contributed by atoms with Crippen LogP contribution < -0.4 is 0 Å². The highest BCUT2D eigenvalue weighted by Crippen LogP contribution is 2.21. The summed E-state index contributed by atoms with van der Waals surface area (Å²) in [5.74, 6) is -0.137. The van der Waals surface area contributed by atoms with Crippen molar-refractivity contribution in [2.45, 2.75) is 12.8 Å². The van der Waals surface area contributed by atoms with E-state index in [1.54, 1.807) is 18.2 Å². The lowest BCUT2D eigenvalue weighted by Gasteiger charge is -2.05. The molecule has 0 aliphatic carbocycles. The summed E-state index contributed by atoms with van der Waals surface area (Å²) >= 11 is 11.0. The van der Waals surface area contributed by atoms with Crippen molar-refractivity contribution >= 4 is 23.2 Å². The molecule has 0 nitrogen and oxygen atoms in total. The summed E-state index contributed by atoms with van der Waals surface area (Å²) in [4.78, 5) is 0. The Morgan fingerprint density at radius 1 is 1.31 bits per heavy atom. The summed E-state index contributed by atoms with van der Waals surface area (Å²) in [6, 6.07) is 6.27. The van der Waals surface area contributed by atoms with Crippen molar-refractivity contribution in [3.05, 3.63) is 46.2 Å². The van der Waals surface area contributed by atoms with Gasteiger partial charge in [-0.3, -0.25) is 0 Å². The van der Waals surface area contributed by atoms with Gasteiger partial charge in [0.2, 0.25) is 0 Å². The molecule has 0 fully saturated rings.